The van der Waals surface area contributed by atoms with Crippen LogP contribution in [0.3, 0.4) is 0 Å². The summed E-state index contributed by atoms with van der Waals surface area (Å²) in [7, 11) is 0. The number of rotatable bonds is 2. The van der Waals surface area contributed by atoms with Gasteiger partial charge in [0.15, 0.2) is 0 Å². The van der Waals surface area contributed by atoms with E-state index >= 15 is 0 Å². The molecule has 2 saturated heterocycles. The van der Waals surface area contributed by atoms with E-state index in [0.29, 0.717) is 13.2 Å². The molecule has 3 N–H and O–H groups in total. The van der Waals surface area contributed by atoms with Crippen LogP contribution in [0.2, 0.25) is 0 Å². The van der Waals surface area contributed by atoms with E-state index in [-0.39, 0.29) is 17.5 Å². The van der Waals surface area contributed by atoms with Crippen LogP contribution in [0.25, 0.3) is 0 Å². The van der Waals surface area contributed by atoms with Crippen LogP contribution < -0.4 is 11.1 Å². The summed E-state index contributed by atoms with van der Waals surface area (Å²) in [5.41, 5.74) is 4.91. The third-order valence-electron chi connectivity index (χ3n) is 3.04. The predicted molar refractivity (Wildman–Crippen MR) is 52.1 cm³/mol. The molecule has 6 heteroatoms. The number of likely N-dealkylation sites (tertiary alicyclic amines) is 1. The predicted octanol–water partition coefficient (Wildman–Crippen LogP) is -0.954. The zero-order valence-corrected chi connectivity index (χ0v) is 8.49. The fourth-order valence-electron chi connectivity index (χ4n) is 2.12. The summed E-state index contributed by atoms with van der Waals surface area (Å²) in [6.07, 6.45) is 1.29. The van der Waals surface area contributed by atoms with Crippen LogP contribution in [0.15, 0.2) is 0 Å². The van der Waals surface area contributed by atoms with Gasteiger partial charge in [-0.1, -0.05) is 0 Å². The summed E-state index contributed by atoms with van der Waals surface area (Å²) in [5, 5.41) is 2.84. The zero-order valence-electron chi connectivity index (χ0n) is 8.49. The maximum absolute atomic E-state index is 11.0. The Hall–Kier alpha value is -1.30. The lowest BCUT2D eigenvalue weighted by Gasteiger charge is -2.36. The zero-order chi connectivity index (χ0) is 10.9. The van der Waals surface area contributed by atoms with Crippen molar-refractivity contribution in [2.45, 2.75) is 18.4 Å². The van der Waals surface area contributed by atoms with Crippen molar-refractivity contribution in [2.75, 3.05) is 26.2 Å². The number of piperidine rings is 1. The first-order chi connectivity index (χ1) is 7.10. The lowest BCUT2D eigenvalue weighted by atomic mass is 9.89. The van der Waals surface area contributed by atoms with Gasteiger partial charge < -0.3 is 15.8 Å². The molecule has 2 rings (SSSR count). The maximum Gasteiger partial charge on any atom is 0.407 e. The van der Waals surface area contributed by atoms with Gasteiger partial charge in [0.1, 0.15) is 6.61 Å². The monoisotopic (exact) mass is 213 g/mol. The van der Waals surface area contributed by atoms with E-state index in [9.17, 15) is 9.59 Å². The van der Waals surface area contributed by atoms with E-state index in [0.717, 1.165) is 25.9 Å². The molecule has 0 aromatic rings. The fraction of sp³-hybridized carbons (Fsp3) is 0.778. The lowest BCUT2D eigenvalue weighted by Crippen LogP contribution is -2.53. The number of ether oxygens (including phenoxy) is 1. The summed E-state index contributed by atoms with van der Waals surface area (Å²) < 4.78 is 4.90. The molecule has 0 radical (unpaired) electrons. The second-order valence-corrected chi connectivity index (χ2v) is 4.22. The van der Waals surface area contributed by atoms with Crippen molar-refractivity contribution in [2.24, 2.45) is 5.73 Å². The second-order valence-electron chi connectivity index (χ2n) is 4.22. The molecule has 0 bridgehead atoms. The van der Waals surface area contributed by atoms with Crippen molar-refractivity contribution in [3.63, 3.8) is 0 Å². The molecule has 84 valence electrons. The molecule has 0 aromatic carbocycles. The summed E-state index contributed by atoms with van der Waals surface area (Å²) in [6.45, 7) is 2.28. The Morgan fingerprint density at radius 3 is 2.67 bits per heavy atom. The molecule has 15 heavy (non-hydrogen) atoms. The number of alkyl carbamates (subject to hydrolysis) is 1. The fourth-order valence-corrected chi connectivity index (χ4v) is 2.12. The van der Waals surface area contributed by atoms with Crippen LogP contribution in [0.5, 0.6) is 0 Å². The highest BCUT2D eigenvalue weighted by molar-refractivity contribution is 5.76. The number of nitrogens with zero attached hydrogens (tertiary/aromatic N) is 1. The first-order valence-corrected chi connectivity index (χ1v) is 5.05. The van der Waals surface area contributed by atoms with Gasteiger partial charge in [0.25, 0.3) is 0 Å². The van der Waals surface area contributed by atoms with Crippen LogP contribution in [-0.2, 0) is 9.53 Å². The highest BCUT2D eigenvalue weighted by Gasteiger charge is 2.41. The van der Waals surface area contributed by atoms with Crippen molar-refractivity contribution < 1.29 is 14.3 Å². The number of nitrogens with two attached hydrogens (primary N) is 1. The quantitative estimate of drug-likeness (QED) is 0.619. The third-order valence-corrected chi connectivity index (χ3v) is 3.04. The van der Waals surface area contributed by atoms with E-state index in [1.165, 1.54) is 0 Å². The van der Waals surface area contributed by atoms with Gasteiger partial charge >= 0.3 is 6.09 Å². The van der Waals surface area contributed by atoms with Crippen LogP contribution in [0.1, 0.15) is 12.8 Å². The number of nitrogens with one attached hydrogen (secondary N) is 1. The van der Waals surface area contributed by atoms with E-state index < -0.39 is 0 Å². The molecule has 1 spiro atoms. The molecule has 0 aliphatic carbocycles. The molecule has 0 saturated carbocycles. The smallest absolute Gasteiger partial charge is 0.407 e. The number of primary amides is 1. The van der Waals surface area contributed by atoms with Gasteiger partial charge in [-0.15, -0.1) is 0 Å². The van der Waals surface area contributed by atoms with Crippen molar-refractivity contribution in [3.8, 4) is 0 Å². The Morgan fingerprint density at radius 1 is 1.53 bits per heavy atom. The molecule has 0 atom stereocenters. The van der Waals surface area contributed by atoms with Crippen molar-refractivity contribution in [3.05, 3.63) is 0 Å². The van der Waals surface area contributed by atoms with Crippen molar-refractivity contribution in [1.82, 2.24) is 10.2 Å². The molecular weight excluding hydrogens is 198 g/mol. The highest BCUT2D eigenvalue weighted by atomic mass is 16.6. The molecule has 2 aliphatic rings. The first-order valence-electron chi connectivity index (χ1n) is 5.05. The minimum atomic E-state index is -0.335. The molecule has 2 heterocycles. The Balaban J connectivity index is 1.86. The van der Waals surface area contributed by atoms with E-state index in [2.05, 4.69) is 5.32 Å². The molecule has 0 unspecified atom stereocenters. The van der Waals surface area contributed by atoms with E-state index in [4.69, 9.17) is 10.5 Å². The number of hydrogen-bond acceptors (Lipinski definition) is 4. The number of carbonyl (C=O) groups is 2. The van der Waals surface area contributed by atoms with Gasteiger partial charge in [-0.3, -0.25) is 9.69 Å². The minimum Gasteiger partial charge on any atom is -0.447 e. The summed E-state index contributed by atoms with van der Waals surface area (Å²) in [4.78, 5) is 23.7. The van der Waals surface area contributed by atoms with Gasteiger partial charge in [-0.05, 0) is 12.8 Å². The molecule has 2 aliphatic heterocycles. The van der Waals surface area contributed by atoms with Gasteiger partial charge in [0.2, 0.25) is 5.91 Å². The number of cyclic esters (lactones) is 1. The van der Waals surface area contributed by atoms with E-state index in [1.807, 2.05) is 4.90 Å². The van der Waals surface area contributed by atoms with Gasteiger partial charge in [0.05, 0.1) is 12.1 Å². The van der Waals surface area contributed by atoms with E-state index in [1.54, 1.807) is 0 Å². The largest absolute Gasteiger partial charge is 0.447 e. The highest BCUT2D eigenvalue weighted by Crippen LogP contribution is 2.26. The molecule has 6 nitrogen and oxygen atoms in total. The Bertz CT molecular complexity index is 284. The van der Waals surface area contributed by atoms with Gasteiger partial charge in [-0.2, -0.15) is 0 Å². The topological polar surface area (TPSA) is 84.7 Å². The summed E-state index contributed by atoms with van der Waals surface area (Å²) >= 11 is 0. The summed E-state index contributed by atoms with van der Waals surface area (Å²) in [6, 6.07) is 0. The van der Waals surface area contributed by atoms with Gasteiger partial charge in [0, 0.05) is 13.1 Å². The van der Waals surface area contributed by atoms with Crippen molar-refractivity contribution in [1.29, 1.82) is 0 Å². The Kier molecular flexibility index (Phi) is 2.52. The summed E-state index contributed by atoms with van der Waals surface area (Å²) in [5.74, 6) is -0.308. The Morgan fingerprint density at radius 2 is 2.20 bits per heavy atom. The molecule has 2 fully saturated rings. The lowest BCUT2D eigenvalue weighted by molar-refractivity contribution is -0.119. The minimum absolute atomic E-state index is 0.203. The molecular formula is C9H15N3O3. The number of amides is 2. The molecule has 0 aromatic heterocycles. The van der Waals surface area contributed by atoms with Crippen molar-refractivity contribution >= 4 is 12.0 Å². The normalized spacial score (nSPS) is 24.9. The average molecular weight is 213 g/mol. The Labute approximate surface area is 87.7 Å². The number of carbonyl (C=O) groups excluding carboxylic acids is 2. The van der Waals surface area contributed by atoms with Crippen LogP contribution in [0, 0.1) is 0 Å². The number of hydrogen-bond donors (Lipinski definition) is 2. The van der Waals surface area contributed by atoms with Crippen LogP contribution in [-0.4, -0.2) is 48.7 Å². The first kappa shape index (κ1) is 10.2. The maximum atomic E-state index is 11.0. The SMILES string of the molecule is NC(=O)CN1CCC2(CC1)COC(=O)N2. The average Bonchev–Trinajstić information content (AvgIpc) is 2.52. The van der Waals surface area contributed by atoms with Gasteiger partial charge in [-0.25, -0.2) is 4.79 Å². The second kappa shape index (κ2) is 3.69. The third kappa shape index (κ3) is 2.20. The molecule has 2 amide bonds. The van der Waals surface area contributed by atoms with Crippen LogP contribution in [0.4, 0.5) is 4.79 Å². The standard InChI is InChI=1S/C9H15N3O3/c10-7(13)5-12-3-1-9(2-4-12)6-15-8(14)11-9/h1-6H2,(H2,10,13)(H,11,14). The van der Waals surface area contributed by atoms with Crippen LogP contribution >= 0.6 is 0 Å².